The summed E-state index contributed by atoms with van der Waals surface area (Å²) in [4.78, 5) is 12.8. The standard InChI is InChI=1S/C22H20F3N3O3/c23-21-9-10-28(26-21)17-5-7-19(8-6-17)31-20-11-18(14-30-22(24)25)27(12-20)16-3-1-15(13-29)2-4-16/h1-10,13,18,20,22H,11-12,14H2/t18?,20-/m0/s1. The Morgan fingerprint density at radius 1 is 1.06 bits per heavy atom. The first kappa shape index (κ1) is 20.9. The minimum Gasteiger partial charge on any atom is -0.489 e. The van der Waals surface area contributed by atoms with Crippen molar-refractivity contribution in [3.8, 4) is 11.4 Å². The second-order valence-electron chi connectivity index (χ2n) is 7.16. The van der Waals surface area contributed by atoms with Gasteiger partial charge in [0.2, 0.25) is 5.95 Å². The predicted molar refractivity (Wildman–Crippen MR) is 107 cm³/mol. The second kappa shape index (κ2) is 9.22. The molecular weight excluding hydrogens is 411 g/mol. The third-order valence-electron chi connectivity index (χ3n) is 5.11. The summed E-state index contributed by atoms with van der Waals surface area (Å²) in [5, 5.41) is 3.72. The summed E-state index contributed by atoms with van der Waals surface area (Å²) in [6, 6.07) is 14.9. The van der Waals surface area contributed by atoms with E-state index in [9.17, 15) is 18.0 Å². The molecule has 0 radical (unpaired) electrons. The number of anilines is 1. The van der Waals surface area contributed by atoms with Gasteiger partial charge in [0.1, 0.15) is 18.1 Å². The van der Waals surface area contributed by atoms with Crippen LogP contribution >= 0.6 is 0 Å². The zero-order valence-electron chi connectivity index (χ0n) is 16.4. The lowest BCUT2D eigenvalue weighted by Gasteiger charge is -2.26. The smallest absolute Gasteiger partial charge is 0.345 e. The van der Waals surface area contributed by atoms with Crippen LogP contribution in [0.4, 0.5) is 18.9 Å². The zero-order chi connectivity index (χ0) is 21.8. The average molecular weight is 431 g/mol. The van der Waals surface area contributed by atoms with Crippen LogP contribution in [0.5, 0.6) is 5.75 Å². The van der Waals surface area contributed by atoms with Crippen molar-refractivity contribution in [1.82, 2.24) is 9.78 Å². The third-order valence-corrected chi connectivity index (χ3v) is 5.11. The molecule has 0 amide bonds. The molecular formula is C22H20F3N3O3. The van der Waals surface area contributed by atoms with Crippen molar-refractivity contribution in [2.24, 2.45) is 0 Å². The highest BCUT2D eigenvalue weighted by Crippen LogP contribution is 2.29. The Morgan fingerprint density at radius 3 is 2.39 bits per heavy atom. The number of carbonyl (C=O) groups excluding carboxylic acids is 1. The lowest BCUT2D eigenvalue weighted by atomic mass is 10.2. The van der Waals surface area contributed by atoms with Crippen molar-refractivity contribution < 1.29 is 27.4 Å². The molecule has 3 aromatic rings. The minimum absolute atomic E-state index is 0.142. The quantitative estimate of drug-likeness (QED) is 0.503. The number of benzene rings is 2. The number of nitrogens with zero attached hydrogens (tertiary/aromatic N) is 3. The van der Waals surface area contributed by atoms with Gasteiger partial charge in [-0.1, -0.05) is 0 Å². The number of alkyl halides is 2. The normalized spacial score (nSPS) is 18.5. The first-order chi connectivity index (χ1) is 15.0. The van der Waals surface area contributed by atoms with E-state index in [4.69, 9.17) is 4.74 Å². The van der Waals surface area contributed by atoms with E-state index in [0.29, 0.717) is 30.0 Å². The van der Waals surface area contributed by atoms with Gasteiger partial charge in [-0.25, -0.2) is 4.68 Å². The molecule has 0 aliphatic carbocycles. The molecule has 1 fully saturated rings. The van der Waals surface area contributed by atoms with Crippen LogP contribution in [0.15, 0.2) is 60.8 Å². The summed E-state index contributed by atoms with van der Waals surface area (Å²) < 4.78 is 50.3. The van der Waals surface area contributed by atoms with E-state index < -0.39 is 12.6 Å². The predicted octanol–water partition coefficient (Wildman–Crippen LogP) is 4.09. The number of halogens is 3. The molecule has 1 aliphatic heterocycles. The van der Waals surface area contributed by atoms with Crippen LogP contribution in [0.3, 0.4) is 0 Å². The van der Waals surface area contributed by atoms with E-state index in [0.717, 1.165) is 12.0 Å². The molecule has 2 aromatic carbocycles. The van der Waals surface area contributed by atoms with Gasteiger partial charge in [0.15, 0.2) is 0 Å². The molecule has 0 saturated carbocycles. The summed E-state index contributed by atoms with van der Waals surface area (Å²) in [5.41, 5.74) is 2.02. The fourth-order valence-corrected chi connectivity index (χ4v) is 3.68. The van der Waals surface area contributed by atoms with Crippen LogP contribution in [0.1, 0.15) is 16.8 Å². The summed E-state index contributed by atoms with van der Waals surface area (Å²) in [6.45, 7) is -2.51. The fraction of sp³-hybridized carbons (Fsp3) is 0.273. The Labute approximate surface area is 176 Å². The lowest BCUT2D eigenvalue weighted by Crippen LogP contribution is -2.34. The van der Waals surface area contributed by atoms with E-state index in [1.54, 1.807) is 48.5 Å². The van der Waals surface area contributed by atoms with Crippen LogP contribution in [0.25, 0.3) is 5.69 Å². The number of rotatable bonds is 8. The highest BCUT2D eigenvalue weighted by atomic mass is 19.3. The largest absolute Gasteiger partial charge is 0.489 e. The van der Waals surface area contributed by atoms with Gasteiger partial charge in [-0.05, 0) is 48.5 Å². The maximum absolute atomic E-state index is 13.1. The zero-order valence-corrected chi connectivity index (χ0v) is 16.4. The number of hydrogen-bond acceptors (Lipinski definition) is 5. The third kappa shape index (κ3) is 5.05. The molecule has 4 rings (SSSR count). The number of aldehydes is 1. The molecule has 1 unspecified atom stereocenters. The Hall–Kier alpha value is -3.33. The van der Waals surface area contributed by atoms with Crippen LogP contribution in [0.2, 0.25) is 0 Å². The monoisotopic (exact) mass is 431 g/mol. The van der Waals surface area contributed by atoms with Crippen LogP contribution in [-0.2, 0) is 4.74 Å². The molecule has 2 atom stereocenters. The maximum atomic E-state index is 13.1. The Kier molecular flexibility index (Phi) is 6.22. The van der Waals surface area contributed by atoms with Gasteiger partial charge >= 0.3 is 6.61 Å². The van der Waals surface area contributed by atoms with Gasteiger partial charge in [0.25, 0.3) is 0 Å². The molecule has 0 bridgehead atoms. The van der Waals surface area contributed by atoms with Gasteiger partial charge < -0.3 is 14.4 Å². The van der Waals surface area contributed by atoms with Gasteiger partial charge in [0.05, 0.1) is 24.9 Å². The molecule has 6 nitrogen and oxygen atoms in total. The van der Waals surface area contributed by atoms with Crippen LogP contribution in [-0.4, -0.2) is 48.0 Å². The molecule has 9 heteroatoms. The lowest BCUT2D eigenvalue weighted by molar-refractivity contribution is -0.131. The van der Waals surface area contributed by atoms with E-state index in [-0.39, 0.29) is 18.8 Å². The van der Waals surface area contributed by atoms with E-state index in [2.05, 4.69) is 9.84 Å². The first-order valence-corrected chi connectivity index (χ1v) is 9.72. The molecule has 162 valence electrons. The van der Waals surface area contributed by atoms with Gasteiger partial charge in [-0.15, -0.1) is 5.10 Å². The maximum Gasteiger partial charge on any atom is 0.345 e. The highest BCUT2D eigenvalue weighted by Gasteiger charge is 2.34. The number of ether oxygens (including phenoxy) is 2. The van der Waals surface area contributed by atoms with E-state index in [1.807, 2.05) is 4.90 Å². The SMILES string of the molecule is O=Cc1ccc(N2C[C@@H](Oc3ccc(-n4ccc(F)n4)cc3)CC2COC(F)F)cc1. The van der Waals surface area contributed by atoms with Gasteiger partial charge in [-0.2, -0.15) is 13.2 Å². The molecule has 0 N–H and O–H groups in total. The van der Waals surface area contributed by atoms with Crippen molar-refractivity contribution in [3.05, 3.63) is 72.3 Å². The van der Waals surface area contributed by atoms with E-state index in [1.165, 1.54) is 16.9 Å². The van der Waals surface area contributed by atoms with Crippen molar-refractivity contribution in [1.29, 1.82) is 0 Å². The fourth-order valence-electron chi connectivity index (χ4n) is 3.68. The van der Waals surface area contributed by atoms with Gasteiger partial charge in [-0.3, -0.25) is 4.79 Å². The molecule has 1 saturated heterocycles. The Morgan fingerprint density at radius 2 is 1.77 bits per heavy atom. The number of carbonyl (C=O) groups is 1. The van der Waals surface area contributed by atoms with Gasteiger partial charge in [0, 0.05) is 29.9 Å². The molecule has 1 aromatic heterocycles. The number of hydrogen-bond donors (Lipinski definition) is 0. The van der Waals surface area contributed by atoms with Crippen molar-refractivity contribution in [2.75, 3.05) is 18.1 Å². The number of aromatic nitrogens is 2. The average Bonchev–Trinajstić information content (AvgIpc) is 3.39. The minimum atomic E-state index is -2.85. The topological polar surface area (TPSA) is 56.6 Å². The molecule has 31 heavy (non-hydrogen) atoms. The molecule has 0 spiro atoms. The Balaban J connectivity index is 1.46. The Bertz CT molecular complexity index is 1010. The van der Waals surface area contributed by atoms with Crippen molar-refractivity contribution >= 4 is 12.0 Å². The van der Waals surface area contributed by atoms with Crippen LogP contribution in [0, 0.1) is 5.95 Å². The first-order valence-electron chi connectivity index (χ1n) is 9.72. The van der Waals surface area contributed by atoms with Crippen molar-refractivity contribution in [3.63, 3.8) is 0 Å². The summed E-state index contributed by atoms with van der Waals surface area (Å²) in [6.07, 6.45) is 2.51. The summed E-state index contributed by atoms with van der Waals surface area (Å²) in [7, 11) is 0. The van der Waals surface area contributed by atoms with Crippen LogP contribution < -0.4 is 9.64 Å². The van der Waals surface area contributed by atoms with E-state index >= 15 is 0 Å². The summed E-state index contributed by atoms with van der Waals surface area (Å²) >= 11 is 0. The van der Waals surface area contributed by atoms with Crippen molar-refractivity contribution in [2.45, 2.75) is 25.2 Å². The highest BCUT2D eigenvalue weighted by molar-refractivity contribution is 5.75. The molecule has 2 heterocycles. The second-order valence-corrected chi connectivity index (χ2v) is 7.16. The summed E-state index contributed by atoms with van der Waals surface area (Å²) in [5.74, 6) is 0.0395. The molecule has 1 aliphatic rings.